The Hall–Kier alpha value is -0.130. The Balaban J connectivity index is 1.88. The van der Waals surface area contributed by atoms with E-state index in [-0.39, 0.29) is 0 Å². The third kappa shape index (κ3) is 3.43. The molecule has 3 nitrogen and oxygen atoms in total. The average Bonchev–Trinajstić information content (AvgIpc) is 2.54. The van der Waals surface area contributed by atoms with Gasteiger partial charge >= 0.3 is 0 Å². The highest BCUT2D eigenvalue weighted by Gasteiger charge is 2.16. The largest absolute Gasteiger partial charge is 0.306 e. The van der Waals surface area contributed by atoms with E-state index in [2.05, 4.69) is 47.1 Å². The number of aromatic nitrogens is 2. The lowest BCUT2D eigenvalue weighted by Gasteiger charge is -2.20. The molecule has 90 valence electrons. The highest BCUT2D eigenvalue weighted by Crippen LogP contribution is 2.19. The second-order valence-electron chi connectivity index (χ2n) is 4.18. The summed E-state index contributed by atoms with van der Waals surface area (Å²) in [5, 5.41) is 7.91. The van der Waals surface area contributed by atoms with Crippen LogP contribution in [0.2, 0.25) is 0 Å². The fourth-order valence-corrected chi connectivity index (χ4v) is 4.25. The van der Waals surface area contributed by atoms with Crippen molar-refractivity contribution in [2.45, 2.75) is 19.0 Å². The van der Waals surface area contributed by atoms with Crippen molar-refractivity contribution in [2.24, 2.45) is 7.05 Å². The van der Waals surface area contributed by atoms with Crippen LogP contribution in [0, 0.1) is 0 Å². The zero-order chi connectivity index (χ0) is 11.4. The van der Waals surface area contributed by atoms with Crippen LogP contribution in [-0.2, 0) is 7.05 Å². The average molecular weight is 257 g/mol. The molecule has 0 spiro atoms. The van der Waals surface area contributed by atoms with E-state index in [4.69, 9.17) is 0 Å². The molecule has 0 aliphatic carbocycles. The molecule has 1 aromatic heterocycles. The van der Waals surface area contributed by atoms with Crippen LogP contribution in [0.15, 0.2) is 12.4 Å². The van der Waals surface area contributed by atoms with Crippen molar-refractivity contribution in [3.8, 4) is 0 Å². The van der Waals surface area contributed by atoms with Gasteiger partial charge in [0.25, 0.3) is 0 Å². The number of rotatable bonds is 3. The molecule has 1 atom stereocenters. The van der Waals surface area contributed by atoms with Gasteiger partial charge in [-0.2, -0.15) is 28.6 Å². The van der Waals surface area contributed by atoms with Gasteiger partial charge in [-0.15, -0.1) is 0 Å². The second-order valence-corrected chi connectivity index (χ2v) is 6.48. The van der Waals surface area contributed by atoms with Crippen molar-refractivity contribution in [3.63, 3.8) is 0 Å². The summed E-state index contributed by atoms with van der Waals surface area (Å²) in [7, 11) is 1.97. The predicted octanol–water partition coefficient (Wildman–Crippen LogP) is 1.92. The van der Waals surface area contributed by atoms with Crippen LogP contribution in [0.1, 0.15) is 18.5 Å². The number of thioether (sulfide) groups is 2. The van der Waals surface area contributed by atoms with E-state index in [0.29, 0.717) is 12.1 Å². The summed E-state index contributed by atoms with van der Waals surface area (Å²) >= 11 is 4.12. The molecule has 0 saturated carbocycles. The predicted molar refractivity (Wildman–Crippen MR) is 73.2 cm³/mol. The molecule has 1 aliphatic rings. The second kappa shape index (κ2) is 5.98. The van der Waals surface area contributed by atoms with Gasteiger partial charge in [0.15, 0.2) is 0 Å². The summed E-state index contributed by atoms with van der Waals surface area (Å²) < 4.78 is 1.87. The van der Waals surface area contributed by atoms with Crippen molar-refractivity contribution in [3.05, 3.63) is 18.0 Å². The first kappa shape index (κ1) is 12.3. The molecule has 0 bridgehead atoms. The van der Waals surface area contributed by atoms with Crippen molar-refractivity contribution < 1.29 is 0 Å². The van der Waals surface area contributed by atoms with E-state index in [1.165, 1.54) is 28.6 Å². The normalized spacial score (nSPS) is 20.6. The number of aryl methyl sites for hydroxylation is 1. The van der Waals surface area contributed by atoms with E-state index in [9.17, 15) is 0 Å². The van der Waals surface area contributed by atoms with Crippen LogP contribution in [0.4, 0.5) is 0 Å². The van der Waals surface area contributed by atoms with Crippen molar-refractivity contribution >= 4 is 23.5 Å². The van der Waals surface area contributed by atoms with Gasteiger partial charge in [0.1, 0.15) is 0 Å². The molecular weight excluding hydrogens is 238 g/mol. The molecule has 0 amide bonds. The summed E-state index contributed by atoms with van der Waals surface area (Å²) in [5.41, 5.74) is 1.28. The Morgan fingerprint density at radius 2 is 2.12 bits per heavy atom. The molecule has 16 heavy (non-hydrogen) atoms. The summed E-state index contributed by atoms with van der Waals surface area (Å²) in [6.07, 6.45) is 4.04. The lowest BCUT2D eigenvalue weighted by Crippen LogP contribution is -2.35. The van der Waals surface area contributed by atoms with Crippen LogP contribution in [0.5, 0.6) is 0 Å². The fourth-order valence-electron chi connectivity index (χ4n) is 1.83. The van der Waals surface area contributed by atoms with Crippen molar-refractivity contribution in [2.75, 3.05) is 23.0 Å². The molecule has 1 aliphatic heterocycles. The summed E-state index contributed by atoms with van der Waals surface area (Å²) in [6.45, 7) is 2.22. The van der Waals surface area contributed by atoms with E-state index >= 15 is 0 Å². The Labute approximate surface area is 106 Å². The van der Waals surface area contributed by atoms with Crippen LogP contribution in [0.25, 0.3) is 0 Å². The van der Waals surface area contributed by atoms with E-state index < -0.39 is 0 Å². The first-order valence-electron chi connectivity index (χ1n) is 5.66. The minimum atomic E-state index is 0.401. The maximum absolute atomic E-state index is 4.22. The number of hydrogen-bond acceptors (Lipinski definition) is 4. The monoisotopic (exact) mass is 257 g/mol. The molecule has 5 heteroatoms. The first-order chi connectivity index (χ1) is 7.75. The SMILES string of the molecule is CC(NC1CSCCSC1)c1cnn(C)c1. The van der Waals surface area contributed by atoms with Gasteiger partial charge in [-0.3, -0.25) is 4.68 Å². The lowest BCUT2D eigenvalue weighted by molar-refractivity contribution is 0.516. The van der Waals surface area contributed by atoms with E-state index in [0.717, 1.165) is 0 Å². The maximum atomic E-state index is 4.22. The number of nitrogens with one attached hydrogen (secondary N) is 1. The van der Waals surface area contributed by atoms with Gasteiger partial charge in [-0.25, -0.2) is 0 Å². The molecule has 1 saturated heterocycles. The van der Waals surface area contributed by atoms with Gasteiger partial charge in [0.2, 0.25) is 0 Å². The van der Waals surface area contributed by atoms with Gasteiger partial charge < -0.3 is 5.32 Å². The van der Waals surface area contributed by atoms with Gasteiger partial charge in [0, 0.05) is 53.9 Å². The first-order valence-corrected chi connectivity index (χ1v) is 7.96. The Morgan fingerprint density at radius 3 is 2.69 bits per heavy atom. The maximum Gasteiger partial charge on any atom is 0.0537 e. The molecular formula is C11H19N3S2. The van der Waals surface area contributed by atoms with E-state index in [1.807, 2.05) is 17.9 Å². The van der Waals surface area contributed by atoms with Gasteiger partial charge in [-0.05, 0) is 6.92 Å². The smallest absolute Gasteiger partial charge is 0.0537 e. The molecule has 2 rings (SSSR count). The Morgan fingerprint density at radius 1 is 1.44 bits per heavy atom. The summed E-state index contributed by atoms with van der Waals surface area (Å²) in [6, 6.07) is 1.03. The van der Waals surface area contributed by atoms with Crippen molar-refractivity contribution in [1.82, 2.24) is 15.1 Å². The Kier molecular flexibility index (Phi) is 4.61. The summed E-state index contributed by atoms with van der Waals surface area (Å²) in [5.74, 6) is 5.06. The van der Waals surface area contributed by atoms with Crippen LogP contribution < -0.4 is 5.32 Å². The highest BCUT2D eigenvalue weighted by atomic mass is 32.2. The van der Waals surface area contributed by atoms with Gasteiger partial charge in [0.05, 0.1) is 6.20 Å². The standard InChI is InChI=1S/C11H19N3S2/c1-9(10-5-12-14(2)6-10)13-11-7-15-3-4-16-8-11/h5-6,9,11,13H,3-4,7-8H2,1-2H3. The topological polar surface area (TPSA) is 29.9 Å². The third-order valence-corrected chi connectivity index (χ3v) is 5.24. The lowest BCUT2D eigenvalue weighted by atomic mass is 10.2. The van der Waals surface area contributed by atoms with Crippen LogP contribution in [-0.4, -0.2) is 38.8 Å². The molecule has 1 aromatic rings. The number of nitrogens with zero attached hydrogens (tertiary/aromatic N) is 2. The molecule has 1 fully saturated rings. The molecule has 2 heterocycles. The molecule has 0 radical (unpaired) electrons. The minimum absolute atomic E-state index is 0.401. The van der Waals surface area contributed by atoms with Crippen LogP contribution >= 0.6 is 23.5 Å². The zero-order valence-electron chi connectivity index (χ0n) is 9.85. The quantitative estimate of drug-likeness (QED) is 0.896. The zero-order valence-corrected chi connectivity index (χ0v) is 11.5. The van der Waals surface area contributed by atoms with Crippen molar-refractivity contribution in [1.29, 1.82) is 0 Å². The number of hydrogen-bond donors (Lipinski definition) is 1. The van der Waals surface area contributed by atoms with Crippen LogP contribution in [0.3, 0.4) is 0 Å². The van der Waals surface area contributed by atoms with Gasteiger partial charge in [-0.1, -0.05) is 0 Å². The summed E-state index contributed by atoms with van der Waals surface area (Å²) in [4.78, 5) is 0. The van der Waals surface area contributed by atoms with E-state index in [1.54, 1.807) is 0 Å². The highest BCUT2D eigenvalue weighted by molar-refractivity contribution is 8.03. The Bertz CT molecular complexity index is 319. The third-order valence-electron chi connectivity index (χ3n) is 2.72. The molecule has 1 N–H and O–H groups in total. The molecule has 1 unspecified atom stereocenters. The molecule has 0 aromatic carbocycles. The fraction of sp³-hybridized carbons (Fsp3) is 0.727. The minimum Gasteiger partial charge on any atom is -0.306 e.